The smallest absolute Gasteiger partial charge is 0.378 e. The van der Waals surface area contributed by atoms with Crippen molar-refractivity contribution in [2.45, 2.75) is 12.7 Å². The molecule has 0 unspecified atom stereocenters. The number of halogens is 3. The molecule has 3 aromatic carbocycles. The third-order valence-electron chi connectivity index (χ3n) is 7.53. The first-order valence-corrected chi connectivity index (χ1v) is 14.3. The average molecular weight is 612 g/mol. The van der Waals surface area contributed by atoms with E-state index in [0.29, 0.717) is 41.7 Å². The Labute approximate surface area is 256 Å². The van der Waals surface area contributed by atoms with Gasteiger partial charge in [-0.1, -0.05) is 12.1 Å². The number of ether oxygens (including phenoxy) is 1. The highest BCUT2D eigenvalue weighted by atomic mass is 19.4. The van der Waals surface area contributed by atoms with Crippen molar-refractivity contribution in [3.05, 3.63) is 109 Å². The number of alkyl halides is 3. The number of benzene rings is 3. The average Bonchev–Trinajstić information content (AvgIpc) is 3.73. The summed E-state index contributed by atoms with van der Waals surface area (Å²) in [5.74, 6) is 0.822. The third-order valence-corrected chi connectivity index (χ3v) is 7.53. The molecule has 0 atom stereocenters. The number of hydrogen-bond donors (Lipinski definition) is 2. The van der Waals surface area contributed by atoms with Crippen molar-refractivity contribution in [3.8, 4) is 5.69 Å². The largest absolute Gasteiger partial charge is 0.416 e. The summed E-state index contributed by atoms with van der Waals surface area (Å²) in [5.41, 5.74) is 4.69. The molecule has 7 rings (SSSR count). The quantitative estimate of drug-likeness (QED) is 0.204. The Bertz CT molecular complexity index is 1880. The molecule has 10 nitrogen and oxygen atoms in total. The monoisotopic (exact) mass is 611 g/mol. The molecular formula is C32H28F3N9O. The van der Waals surface area contributed by atoms with Crippen LogP contribution in [0.1, 0.15) is 11.1 Å². The molecule has 0 bridgehead atoms. The van der Waals surface area contributed by atoms with Crippen molar-refractivity contribution < 1.29 is 17.9 Å². The predicted octanol–water partition coefficient (Wildman–Crippen LogP) is 6.40. The summed E-state index contributed by atoms with van der Waals surface area (Å²) in [5, 5.41) is 6.67. The van der Waals surface area contributed by atoms with Crippen LogP contribution < -0.4 is 15.5 Å². The van der Waals surface area contributed by atoms with E-state index in [9.17, 15) is 13.2 Å². The second-order valence-corrected chi connectivity index (χ2v) is 10.5. The Balaban J connectivity index is 1.19. The maximum atomic E-state index is 13.1. The van der Waals surface area contributed by atoms with Crippen LogP contribution in [0.3, 0.4) is 0 Å². The molecule has 1 aliphatic heterocycles. The van der Waals surface area contributed by atoms with E-state index < -0.39 is 11.7 Å². The molecule has 0 spiro atoms. The summed E-state index contributed by atoms with van der Waals surface area (Å²) in [6, 6.07) is 20.9. The maximum Gasteiger partial charge on any atom is 0.416 e. The predicted molar refractivity (Wildman–Crippen MR) is 165 cm³/mol. The number of imidazole rings is 2. The maximum absolute atomic E-state index is 13.1. The van der Waals surface area contributed by atoms with Gasteiger partial charge in [-0.25, -0.2) is 9.97 Å². The fourth-order valence-electron chi connectivity index (χ4n) is 5.17. The summed E-state index contributed by atoms with van der Waals surface area (Å²) in [4.78, 5) is 20.5. The molecule has 1 saturated heterocycles. The van der Waals surface area contributed by atoms with Crippen LogP contribution in [0, 0.1) is 0 Å². The molecule has 13 heteroatoms. The van der Waals surface area contributed by atoms with Crippen LogP contribution in [0.2, 0.25) is 0 Å². The van der Waals surface area contributed by atoms with Gasteiger partial charge < -0.3 is 29.4 Å². The van der Waals surface area contributed by atoms with Gasteiger partial charge in [0.15, 0.2) is 17.0 Å². The van der Waals surface area contributed by atoms with Crippen molar-refractivity contribution in [1.29, 1.82) is 0 Å². The SMILES string of the molecule is FC(F)(F)c1ccc(Cn2cnc3c(Nc4ccc(N5CCOCC5)cc4)nc(Nc4ccc(-n5ccnc5)cc4)nc32)cc1. The molecule has 0 aliphatic carbocycles. The van der Waals surface area contributed by atoms with Gasteiger partial charge in [0, 0.05) is 48.2 Å². The normalized spacial score (nSPS) is 13.7. The van der Waals surface area contributed by atoms with E-state index in [4.69, 9.17) is 14.7 Å². The molecule has 45 heavy (non-hydrogen) atoms. The summed E-state index contributed by atoms with van der Waals surface area (Å²) >= 11 is 0. The van der Waals surface area contributed by atoms with Gasteiger partial charge in [-0.05, 0) is 66.2 Å². The number of fused-ring (bicyclic) bond motifs is 1. The van der Waals surface area contributed by atoms with Crippen LogP contribution in [0.5, 0.6) is 0 Å². The van der Waals surface area contributed by atoms with E-state index >= 15 is 0 Å². The minimum atomic E-state index is -4.40. The van der Waals surface area contributed by atoms with Gasteiger partial charge in [-0.15, -0.1) is 0 Å². The lowest BCUT2D eigenvalue weighted by molar-refractivity contribution is -0.137. The second kappa shape index (κ2) is 11.9. The summed E-state index contributed by atoms with van der Waals surface area (Å²) in [6.07, 6.45) is 2.53. The first kappa shape index (κ1) is 28.3. The summed E-state index contributed by atoms with van der Waals surface area (Å²) in [7, 11) is 0. The van der Waals surface area contributed by atoms with Gasteiger partial charge in [0.2, 0.25) is 5.95 Å². The van der Waals surface area contributed by atoms with Gasteiger partial charge >= 0.3 is 6.18 Å². The van der Waals surface area contributed by atoms with Crippen LogP contribution in [-0.4, -0.2) is 55.4 Å². The topological polar surface area (TPSA) is 98.0 Å². The van der Waals surface area contributed by atoms with E-state index in [1.54, 1.807) is 23.4 Å². The third kappa shape index (κ3) is 6.29. The Morgan fingerprint density at radius 3 is 2.13 bits per heavy atom. The van der Waals surface area contributed by atoms with Crippen LogP contribution in [0.4, 0.5) is 42.0 Å². The van der Waals surface area contributed by atoms with Crippen LogP contribution in [0.25, 0.3) is 16.9 Å². The van der Waals surface area contributed by atoms with E-state index in [1.807, 2.05) is 47.2 Å². The Hall–Kier alpha value is -5.43. The molecular weight excluding hydrogens is 583 g/mol. The molecule has 6 aromatic rings. The lowest BCUT2D eigenvalue weighted by atomic mass is 10.1. The van der Waals surface area contributed by atoms with Gasteiger partial charge in [-0.3, -0.25) is 0 Å². The Morgan fingerprint density at radius 2 is 1.47 bits per heavy atom. The number of nitrogens with one attached hydrogen (secondary N) is 2. The van der Waals surface area contributed by atoms with E-state index in [0.717, 1.165) is 48.0 Å². The first-order chi connectivity index (χ1) is 21.9. The van der Waals surface area contributed by atoms with Crippen molar-refractivity contribution >= 4 is 40.0 Å². The number of anilines is 5. The number of aromatic nitrogens is 6. The Morgan fingerprint density at radius 1 is 0.778 bits per heavy atom. The standard InChI is InChI=1S/C32H28F3N9O/c33-32(34,35)23-3-1-22(2-4-23)19-44-21-37-28-29(38-24-5-9-26(10-6-24)42-15-17-45-18-16-42)40-31(41-30(28)44)39-25-7-11-27(12-8-25)43-14-13-36-20-43/h1-14,20-21H,15-19H2,(H2,38,39,40,41). The number of morpholine rings is 1. The van der Waals surface area contributed by atoms with Crippen LogP contribution in [-0.2, 0) is 17.5 Å². The fraction of sp³-hybridized carbons (Fsp3) is 0.188. The minimum Gasteiger partial charge on any atom is -0.378 e. The molecule has 3 aromatic heterocycles. The second-order valence-electron chi connectivity index (χ2n) is 10.5. The molecule has 0 saturated carbocycles. The number of hydrogen-bond acceptors (Lipinski definition) is 8. The first-order valence-electron chi connectivity index (χ1n) is 14.3. The zero-order valence-electron chi connectivity index (χ0n) is 23.9. The van der Waals surface area contributed by atoms with Crippen molar-refractivity contribution in [2.75, 3.05) is 41.8 Å². The van der Waals surface area contributed by atoms with Gasteiger partial charge in [0.05, 0.1) is 38.0 Å². The zero-order chi connectivity index (χ0) is 30.8. The molecule has 0 amide bonds. The van der Waals surface area contributed by atoms with E-state index in [-0.39, 0.29) is 6.54 Å². The number of rotatable bonds is 8. The van der Waals surface area contributed by atoms with Crippen molar-refractivity contribution in [2.24, 2.45) is 0 Å². The van der Waals surface area contributed by atoms with Crippen LogP contribution >= 0.6 is 0 Å². The minimum absolute atomic E-state index is 0.276. The van der Waals surface area contributed by atoms with Crippen LogP contribution in [0.15, 0.2) is 97.8 Å². The molecule has 2 N–H and O–H groups in total. The van der Waals surface area contributed by atoms with Gasteiger partial charge in [-0.2, -0.15) is 23.1 Å². The number of nitrogens with zero attached hydrogens (tertiary/aromatic N) is 7. The van der Waals surface area contributed by atoms with Crippen molar-refractivity contribution in [1.82, 2.24) is 29.1 Å². The molecule has 4 heterocycles. The zero-order valence-corrected chi connectivity index (χ0v) is 23.9. The fourth-order valence-corrected chi connectivity index (χ4v) is 5.17. The lowest BCUT2D eigenvalue weighted by Gasteiger charge is -2.28. The Kier molecular flexibility index (Phi) is 7.51. The van der Waals surface area contributed by atoms with Crippen molar-refractivity contribution in [3.63, 3.8) is 0 Å². The molecule has 228 valence electrons. The highest BCUT2D eigenvalue weighted by Crippen LogP contribution is 2.30. The van der Waals surface area contributed by atoms with E-state index in [1.165, 1.54) is 12.1 Å². The summed E-state index contributed by atoms with van der Waals surface area (Å²) in [6.45, 7) is 3.37. The summed E-state index contributed by atoms with van der Waals surface area (Å²) < 4.78 is 48.5. The lowest BCUT2D eigenvalue weighted by Crippen LogP contribution is -2.36. The van der Waals surface area contributed by atoms with E-state index in [2.05, 4.69) is 37.6 Å². The van der Waals surface area contributed by atoms with Gasteiger partial charge in [0.25, 0.3) is 0 Å². The molecule has 1 fully saturated rings. The van der Waals surface area contributed by atoms with Gasteiger partial charge in [0.1, 0.15) is 0 Å². The molecule has 1 aliphatic rings. The molecule has 0 radical (unpaired) electrons. The highest BCUT2D eigenvalue weighted by Gasteiger charge is 2.30. The highest BCUT2D eigenvalue weighted by molar-refractivity contribution is 5.87.